The fourth-order valence-electron chi connectivity index (χ4n) is 2.31. The number of thiophene rings is 1. The molecule has 2 aromatic rings. The molecule has 1 N–H and O–H groups in total. The van der Waals surface area contributed by atoms with Crippen LogP contribution in [0.5, 0.6) is 0 Å². The quantitative estimate of drug-likeness (QED) is 0.825. The van der Waals surface area contributed by atoms with Gasteiger partial charge in [0.05, 0.1) is 0 Å². The Morgan fingerprint density at radius 2 is 1.76 bits per heavy atom. The van der Waals surface area contributed by atoms with Crippen LogP contribution in [0.4, 0.5) is 0 Å². The first-order valence-corrected chi connectivity index (χ1v) is 8.40. The number of rotatable bonds is 7. The van der Waals surface area contributed by atoms with Crippen molar-refractivity contribution in [1.82, 2.24) is 10.2 Å². The average Bonchev–Trinajstić information content (AvgIpc) is 2.86. The van der Waals surface area contributed by atoms with E-state index in [4.69, 9.17) is 0 Å². The zero-order valence-corrected chi connectivity index (χ0v) is 14.3. The molecule has 2 nitrogen and oxygen atoms in total. The lowest BCUT2D eigenvalue weighted by molar-refractivity contribution is 0.321. The van der Waals surface area contributed by atoms with Crippen molar-refractivity contribution in [3.63, 3.8) is 0 Å². The average molecular weight is 302 g/mol. The molecule has 0 unspecified atom stereocenters. The summed E-state index contributed by atoms with van der Waals surface area (Å²) in [7, 11) is 2.19. The van der Waals surface area contributed by atoms with E-state index in [1.165, 1.54) is 20.9 Å². The molecule has 21 heavy (non-hydrogen) atoms. The Morgan fingerprint density at radius 1 is 1.05 bits per heavy atom. The molecule has 2 rings (SSSR count). The molecule has 1 aromatic heterocycles. The summed E-state index contributed by atoms with van der Waals surface area (Å²) < 4.78 is 0. The summed E-state index contributed by atoms with van der Waals surface area (Å²) in [6.07, 6.45) is 0. The summed E-state index contributed by atoms with van der Waals surface area (Å²) in [5.41, 5.74) is 2.79. The van der Waals surface area contributed by atoms with E-state index in [0.717, 1.165) is 19.6 Å². The van der Waals surface area contributed by atoms with Crippen LogP contribution in [0.2, 0.25) is 0 Å². The molecule has 3 heteroatoms. The normalized spacial score (nSPS) is 11.5. The second-order valence-electron chi connectivity index (χ2n) is 6.00. The highest BCUT2D eigenvalue weighted by atomic mass is 32.1. The molecule has 0 bridgehead atoms. The van der Waals surface area contributed by atoms with Crippen molar-refractivity contribution in [1.29, 1.82) is 0 Å². The minimum Gasteiger partial charge on any atom is -0.310 e. The maximum absolute atomic E-state index is 3.47. The molecular formula is C18H26N2S. The molecule has 0 amide bonds. The van der Waals surface area contributed by atoms with Gasteiger partial charge in [-0.3, -0.25) is 4.90 Å². The molecule has 0 radical (unpaired) electrons. The monoisotopic (exact) mass is 302 g/mol. The van der Waals surface area contributed by atoms with Gasteiger partial charge in [0.2, 0.25) is 0 Å². The van der Waals surface area contributed by atoms with Crippen LogP contribution in [0.3, 0.4) is 0 Å². The van der Waals surface area contributed by atoms with Gasteiger partial charge in [-0.25, -0.2) is 0 Å². The fourth-order valence-corrected chi connectivity index (χ4v) is 3.36. The first-order chi connectivity index (χ1) is 10.0. The number of benzene rings is 1. The van der Waals surface area contributed by atoms with Crippen molar-refractivity contribution in [3.8, 4) is 0 Å². The molecular weight excluding hydrogens is 276 g/mol. The molecule has 0 atom stereocenters. The molecule has 0 spiro atoms. The number of nitrogens with one attached hydrogen (secondary N) is 1. The van der Waals surface area contributed by atoms with Crippen LogP contribution < -0.4 is 5.32 Å². The number of aryl methyl sites for hydroxylation is 1. The van der Waals surface area contributed by atoms with E-state index in [0.29, 0.717) is 6.04 Å². The standard InChI is InChI=1S/C18H26N2S/c1-14(2)19-11-17-9-10-18(21-17)13-20(4)12-16-8-6-5-7-15(16)3/h5-10,14,19H,11-13H2,1-4H3. The van der Waals surface area contributed by atoms with Gasteiger partial charge < -0.3 is 5.32 Å². The Hall–Kier alpha value is -1.16. The highest BCUT2D eigenvalue weighted by Crippen LogP contribution is 2.19. The largest absolute Gasteiger partial charge is 0.310 e. The molecule has 1 aromatic carbocycles. The predicted molar refractivity (Wildman–Crippen MR) is 92.6 cm³/mol. The molecule has 0 fully saturated rings. The first kappa shape index (κ1) is 16.2. The molecule has 1 heterocycles. The lowest BCUT2D eigenvalue weighted by Crippen LogP contribution is -2.21. The number of nitrogens with zero attached hydrogens (tertiary/aromatic N) is 1. The summed E-state index contributed by atoms with van der Waals surface area (Å²) in [4.78, 5) is 5.24. The highest BCUT2D eigenvalue weighted by molar-refractivity contribution is 7.11. The molecule has 0 saturated heterocycles. The lowest BCUT2D eigenvalue weighted by atomic mass is 10.1. The number of hydrogen-bond donors (Lipinski definition) is 1. The smallest absolute Gasteiger partial charge is 0.0328 e. The van der Waals surface area contributed by atoms with Gasteiger partial charge in [-0.05, 0) is 37.2 Å². The van der Waals surface area contributed by atoms with E-state index in [9.17, 15) is 0 Å². The fraction of sp³-hybridized carbons (Fsp3) is 0.444. The highest BCUT2D eigenvalue weighted by Gasteiger charge is 2.06. The minimum atomic E-state index is 0.541. The Morgan fingerprint density at radius 3 is 2.48 bits per heavy atom. The van der Waals surface area contributed by atoms with Gasteiger partial charge in [-0.1, -0.05) is 38.1 Å². The second-order valence-corrected chi connectivity index (χ2v) is 7.26. The SMILES string of the molecule is Cc1ccccc1CN(C)Cc1ccc(CNC(C)C)s1. The molecule has 0 aliphatic rings. The summed E-state index contributed by atoms with van der Waals surface area (Å²) in [5, 5.41) is 3.47. The topological polar surface area (TPSA) is 15.3 Å². The summed E-state index contributed by atoms with van der Waals surface area (Å²) >= 11 is 1.91. The van der Waals surface area contributed by atoms with Crippen molar-refractivity contribution in [3.05, 3.63) is 57.3 Å². The van der Waals surface area contributed by atoms with Gasteiger partial charge in [0.25, 0.3) is 0 Å². The van der Waals surface area contributed by atoms with Crippen molar-refractivity contribution in [2.75, 3.05) is 7.05 Å². The molecule has 114 valence electrons. The zero-order valence-electron chi connectivity index (χ0n) is 13.5. The van der Waals surface area contributed by atoms with Crippen LogP contribution in [0.15, 0.2) is 36.4 Å². The molecule has 0 aliphatic heterocycles. The van der Waals surface area contributed by atoms with E-state index >= 15 is 0 Å². The lowest BCUT2D eigenvalue weighted by Gasteiger charge is -2.17. The van der Waals surface area contributed by atoms with Gasteiger partial charge in [0.1, 0.15) is 0 Å². The van der Waals surface area contributed by atoms with Crippen molar-refractivity contribution in [2.45, 2.75) is 46.4 Å². The van der Waals surface area contributed by atoms with Crippen LogP contribution in [-0.2, 0) is 19.6 Å². The van der Waals surface area contributed by atoms with Crippen LogP contribution in [0.25, 0.3) is 0 Å². The maximum Gasteiger partial charge on any atom is 0.0328 e. The van der Waals surface area contributed by atoms with E-state index in [1.54, 1.807) is 0 Å². The third-order valence-electron chi connectivity index (χ3n) is 3.53. The molecule has 0 saturated carbocycles. The third-order valence-corrected chi connectivity index (χ3v) is 4.60. The summed E-state index contributed by atoms with van der Waals surface area (Å²) in [6, 6.07) is 13.7. The first-order valence-electron chi connectivity index (χ1n) is 7.58. The van der Waals surface area contributed by atoms with Crippen molar-refractivity contribution >= 4 is 11.3 Å². The Kier molecular flexibility index (Phi) is 5.97. The van der Waals surface area contributed by atoms with E-state index in [-0.39, 0.29) is 0 Å². The number of hydrogen-bond acceptors (Lipinski definition) is 3. The third kappa shape index (κ3) is 5.27. The van der Waals surface area contributed by atoms with E-state index < -0.39 is 0 Å². The van der Waals surface area contributed by atoms with Gasteiger partial charge in [0, 0.05) is 35.4 Å². The second kappa shape index (κ2) is 7.74. The van der Waals surface area contributed by atoms with Crippen LogP contribution in [0, 0.1) is 6.92 Å². The predicted octanol–water partition coefficient (Wildman–Crippen LogP) is 4.19. The summed E-state index contributed by atoms with van der Waals surface area (Å²) in [5.74, 6) is 0. The minimum absolute atomic E-state index is 0.541. The summed E-state index contributed by atoms with van der Waals surface area (Å²) in [6.45, 7) is 9.55. The van der Waals surface area contributed by atoms with Crippen LogP contribution in [0.1, 0.15) is 34.7 Å². The van der Waals surface area contributed by atoms with Crippen molar-refractivity contribution in [2.24, 2.45) is 0 Å². The van der Waals surface area contributed by atoms with E-state index in [1.807, 2.05) is 11.3 Å². The van der Waals surface area contributed by atoms with Gasteiger partial charge in [-0.2, -0.15) is 0 Å². The Labute approximate surface area is 132 Å². The maximum atomic E-state index is 3.47. The Balaban J connectivity index is 1.88. The molecule has 0 aliphatic carbocycles. The van der Waals surface area contributed by atoms with Gasteiger partial charge in [-0.15, -0.1) is 11.3 Å². The van der Waals surface area contributed by atoms with Crippen molar-refractivity contribution < 1.29 is 0 Å². The van der Waals surface area contributed by atoms with E-state index in [2.05, 4.69) is 74.4 Å². The van der Waals surface area contributed by atoms with Crippen LogP contribution in [-0.4, -0.2) is 18.0 Å². The zero-order chi connectivity index (χ0) is 15.2. The van der Waals surface area contributed by atoms with Gasteiger partial charge >= 0.3 is 0 Å². The Bertz CT molecular complexity index is 560. The van der Waals surface area contributed by atoms with Crippen LogP contribution >= 0.6 is 11.3 Å². The van der Waals surface area contributed by atoms with Gasteiger partial charge in [0.15, 0.2) is 0 Å².